The standard InChI is InChI=1S/C18H25N3O2S.C6H4Cl2/c1-13(2)15-16(22)21(12-14-6-4-3-5-7-14)18(19-15)8-10-20(11-9-18)17(23)24;7-5-2-1-3-6(8)4-5/h3-7,13,15,19H,8-12H2,1-2H3,(H,23,24);1-4H. The number of nitrogens with zero attached hydrogens (tertiary/aromatic N) is 2. The molecule has 1 atom stereocenters. The Hall–Kier alpha value is -1.73. The maximum atomic E-state index is 13.0. The monoisotopic (exact) mass is 493 g/mol. The van der Waals surface area contributed by atoms with Crippen molar-refractivity contribution in [2.45, 2.75) is 44.9 Å². The Bertz CT molecular complexity index is 917. The summed E-state index contributed by atoms with van der Waals surface area (Å²) in [6.45, 7) is 5.99. The molecule has 172 valence electrons. The van der Waals surface area contributed by atoms with Crippen molar-refractivity contribution in [1.82, 2.24) is 15.1 Å². The summed E-state index contributed by atoms with van der Waals surface area (Å²) < 4.78 is 0. The number of rotatable bonds is 3. The van der Waals surface area contributed by atoms with E-state index in [2.05, 4.69) is 43.9 Å². The van der Waals surface area contributed by atoms with Gasteiger partial charge in [-0.05, 0) is 29.7 Å². The molecule has 0 saturated carbocycles. The van der Waals surface area contributed by atoms with E-state index >= 15 is 0 Å². The molecular formula is C24H29Cl2N3O2S. The fourth-order valence-electron chi connectivity index (χ4n) is 4.20. The van der Waals surface area contributed by atoms with Crippen LogP contribution in [-0.2, 0) is 11.3 Å². The quantitative estimate of drug-likeness (QED) is 0.556. The lowest BCUT2D eigenvalue weighted by atomic mass is 9.95. The Kier molecular flexibility index (Phi) is 8.50. The lowest BCUT2D eigenvalue weighted by Gasteiger charge is -2.44. The van der Waals surface area contributed by atoms with E-state index in [1.54, 1.807) is 23.1 Å². The summed E-state index contributed by atoms with van der Waals surface area (Å²) in [5.41, 5.74) is 0.769. The number of piperidine rings is 1. The largest absolute Gasteiger partial charge is 0.334 e. The van der Waals surface area contributed by atoms with Crippen molar-refractivity contribution in [2.24, 2.45) is 5.92 Å². The van der Waals surface area contributed by atoms with Crippen LogP contribution in [0.15, 0.2) is 54.6 Å². The summed E-state index contributed by atoms with van der Waals surface area (Å²) in [6.07, 6.45) is 1.47. The van der Waals surface area contributed by atoms with Gasteiger partial charge in [-0.25, -0.2) is 0 Å². The summed E-state index contributed by atoms with van der Waals surface area (Å²) >= 11 is 15.0. The minimum atomic E-state index is -0.360. The minimum Gasteiger partial charge on any atom is -0.334 e. The first-order valence-electron chi connectivity index (χ1n) is 10.7. The number of amides is 2. The Labute approximate surface area is 205 Å². The van der Waals surface area contributed by atoms with Crippen LogP contribution in [-0.4, -0.2) is 45.7 Å². The molecule has 2 fully saturated rings. The van der Waals surface area contributed by atoms with Gasteiger partial charge in [0.05, 0.1) is 11.7 Å². The number of likely N-dealkylation sites (tertiary alicyclic amines) is 1. The molecule has 0 radical (unpaired) electrons. The highest BCUT2D eigenvalue weighted by Crippen LogP contribution is 2.35. The highest BCUT2D eigenvalue weighted by Gasteiger charge is 2.52. The molecule has 2 heterocycles. The molecular weight excluding hydrogens is 465 g/mol. The van der Waals surface area contributed by atoms with Crippen LogP contribution >= 0.6 is 35.8 Å². The van der Waals surface area contributed by atoms with Gasteiger partial charge in [0.15, 0.2) is 0 Å². The first-order chi connectivity index (χ1) is 15.2. The highest BCUT2D eigenvalue weighted by molar-refractivity contribution is 7.96. The van der Waals surface area contributed by atoms with Gasteiger partial charge < -0.3 is 9.80 Å². The second-order valence-electron chi connectivity index (χ2n) is 8.52. The minimum absolute atomic E-state index is 0.160. The molecule has 2 aromatic rings. The van der Waals surface area contributed by atoms with Gasteiger partial charge in [0.25, 0.3) is 5.24 Å². The van der Waals surface area contributed by atoms with Crippen molar-refractivity contribution in [3.63, 3.8) is 0 Å². The summed E-state index contributed by atoms with van der Waals surface area (Å²) in [4.78, 5) is 28.2. The van der Waals surface area contributed by atoms with Crippen molar-refractivity contribution in [2.75, 3.05) is 13.1 Å². The third-order valence-corrected chi connectivity index (χ3v) is 6.72. The van der Waals surface area contributed by atoms with Crippen molar-refractivity contribution in [3.8, 4) is 0 Å². The SMILES string of the molecule is CC(C)C1NC2(CCN(C(=O)S)CC2)N(Cc2ccccc2)C1=O.Clc1cccc(Cl)c1. The van der Waals surface area contributed by atoms with E-state index < -0.39 is 0 Å². The molecule has 5 nitrogen and oxygen atoms in total. The molecule has 1 N–H and O–H groups in total. The van der Waals surface area contributed by atoms with Gasteiger partial charge in [0.2, 0.25) is 5.91 Å². The van der Waals surface area contributed by atoms with E-state index in [1.165, 1.54) is 0 Å². The number of benzene rings is 2. The van der Waals surface area contributed by atoms with Crippen LogP contribution in [0.4, 0.5) is 4.79 Å². The average Bonchev–Trinajstić information content (AvgIpc) is 3.01. The van der Waals surface area contributed by atoms with Crippen LogP contribution in [0.5, 0.6) is 0 Å². The van der Waals surface area contributed by atoms with Crippen LogP contribution in [0, 0.1) is 5.92 Å². The van der Waals surface area contributed by atoms with Gasteiger partial charge in [0, 0.05) is 42.5 Å². The summed E-state index contributed by atoms with van der Waals surface area (Å²) in [7, 11) is 0. The number of thiol groups is 1. The molecule has 2 aromatic carbocycles. The molecule has 1 spiro atoms. The smallest absolute Gasteiger partial charge is 0.278 e. The molecule has 4 rings (SSSR count). The average molecular weight is 494 g/mol. The van der Waals surface area contributed by atoms with Gasteiger partial charge >= 0.3 is 0 Å². The van der Waals surface area contributed by atoms with E-state index in [-0.39, 0.29) is 28.8 Å². The molecule has 2 saturated heterocycles. The molecule has 2 amide bonds. The van der Waals surface area contributed by atoms with Gasteiger partial charge in [-0.3, -0.25) is 14.9 Å². The number of hydrogen-bond donors (Lipinski definition) is 2. The summed E-state index contributed by atoms with van der Waals surface area (Å²) in [5.74, 6) is 0.402. The van der Waals surface area contributed by atoms with Gasteiger partial charge in [-0.2, -0.15) is 0 Å². The molecule has 0 aromatic heterocycles. The number of carbonyl (C=O) groups excluding carboxylic acids is 2. The first-order valence-corrected chi connectivity index (χ1v) is 11.9. The number of carbonyl (C=O) groups is 2. The molecule has 0 aliphatic carbocycles. The second-order valence-corrected chi connectivity index (χ2v) is 9.77. The lowest BCUT2D eigenvalue weighted by Crippen LogP contribution is -2.59. The van der Waals surface area contributed by atoms with Crippen LogP contribution < -0.4 is 5.32 Å². The summed E-state index contributed by atoms with van der Waals surface area (Å²) in [6, 6.07) is 17.0. The maximum Gasteiger partial charge on any atom is 0.278 e. The predicted molar refractivity (Wildman–Crippen MR) is 133 cm³/mol. The Morgan fingerprint density at radius 2 is 1.69 bits per heavy atom. The molecule has 2 aliphatic heterocycles. The Morgan fingerprint density at radius 1 is 1.09 bits per heavy atom. The fraction of sp³-hybridized carbons (Fsp3) is 0.417. The van der Waals surface area contributed by atoms with Gasteiger partial charge in [-0.1, -0.05) is 86.1 Å². The Balaban J connectivity index is 0.000000305. The van der Waals surface area contributed by atoms with Crippen LogP contribution in [0.3, 0.4) is 0 Å². The lowest BCUT2D eigenvalue weighted by molar-refractivity contribution is -0.134. The van der Waals surface area contributed by atoms with Crippen LogP contribution in [0.2, 0.25) is 10.0 Å². The highest BCUT2D eigenvalue weighted by atomic mass is 35.5. The van der Waals surface area contributed by atoms with E-state index in [1.807, 2.05) is 29.2 Å². The maximum absolute atomic E-state index is 13.0. The molecule has 0 bridgehead atoms. The van der Waals surface area contributed by atoms with Crippen LogP contribution in [0.25, 0.3) is 0 Å². The van der Waals surface area contributed by atoms with E-state index in [0.717, 1.165) is 18.4 Å². The Morgan fingerprint density at radius 3 is 2.16 bits per heavy atom. The zero-order valence-electron chi connectivity index (χ0n) is 18.3. The van der Waals surface area contributed by atoms with E-state index in [0.29, 0.717) is 29.7 Å². The van der Waals surface area contributed by atoms with Crippen molar-refractivity contribution < 1.29 is 9.59 Å². The summed E-state index contributed by atoms with van der Waals surface area (Å²) in [5, 5.41) is 4.76. The molecule has 8 heteroatoms. The number of halogens is 2. The normalized spacial score (nSPS) is 19.8. The third kappa shape index (κ3) is 5.98. The topological polar surface area (TPSA) is 52.7 Å². The fourth-order valence-corrected chi connectivity index (χ4v) is 4.83. The number of nitrogens with one attached hydrogen (secondary N) is 1. The second kappa shape index (κ2) is 10.9. The zero-order chi connectivity index (χ0) is 23.3. The van der Waals surface area contributed by atoms with Gasteiger partial charge in [-0.15, -0.1) is 0 Å². The molecule has 1 unspecified atom stereocenters. The third-order valence-electron chi connectivity index (χ3n) is 5.97. The van der Waals surface area contributed by atoms with E-state index in [9.17, 15) is 9.59 Å². The number of hydrogen-bond acceptors (Lipinski definition) is 3. The zero-order valence-corrected chi connectivity index (χ0v) is 20.7. The van der Waals surface area contributed by atoms with Crippen LogP contribution in [0.1, 0.15) is 32.3 Å². The van der Waals surface area contributed by atoms with Gasteiger partial charge in [0.1, 0.15) is 0 Å². The van der Waals surface area contributed by atoms with Crippen molar-refractivity contribution >= 4 is 47.0 Å². The predicted octanol–water partition coefficient (Wildman–Crippen LogP) is 5.48. The molecule has 32 heavy (non-hydrogen) atoms. The van der Waals surface area contributed by atoms with E-state index in [4.69, 9.17) is 23.2 Å². The molecule has 2 aliphatic rings. The van der Waals surface area contributed by atoms with Crippen molar-refractivity contribution in [3.05, 3.63) is 70.2 Å². The first kappa shape index (κ1) is 24.9. The van der Waals surface area contributed by atoms with Crippen molar-refractivity contribution in [1.29, 1.82) is 0 Å².